The summed E-state index contributed by atoms with van der Waals surface area (Å²) in [5, 5.41) is 16.5. The Labute approximate surface area is 167 Å². The van der Waals surface area contributed by atoms with Crippen molar-refractivity contribution in [3.63, 3.8) is 0 Å². The summed E-state index contributed by atoms with van der Waals surface area (Å²) in [6, 6.07) is 21.0. The minimum Gasteiger partial charge on any atom is -0.336 e. The molecule has 2 amide bonds. The lowest BCUT2D eigenvalue weighted by Crippen LogP contribution is -2.37. The van der Waals surface area contributed by atoms with E-state index < -0.39 is 22.8 Å². The molecule has 1 unspecified atom stereocenters. The monoisotopic (exact) mass is 389 g/mol. The molecule has 2 N–H and O–H groups in total. The molecular formula is C22H19N3O4. The topological polar surface area (TPSA) is 101 Å². The van der Waals surface area contributed by atoms with E-state index in [1.165, 1.54) is 18.2 Å². The number of benzene rings is 3. The fraction of sp³-hybridized carbons (Fsp3) is 0.0909. The van der Waals surface area contributed by atoms with Gasteiger partial charge < -0.3 is 10.6 Å². The molecule has 0 aliphatic carbocycles. The van der Waals surface area contributed by atoms with Crippen LogP contribution in [0.3, 0.4) is 0 Å². The van der Waals surface area contributed by atoms with Crippen LogP contribution in [-0.2, 0) is 4.79 Å². The lowest BCUT2D eigenvalue weighted by molar-refractivity contribution is -0.385. The third kappa shape index (κ3) is 4.84. The molecule has 0 saturated heterocycles. The molecule has 1 atom stereocenters. The second kappa shape index (κ2) is 8.79. The van der Waals surface area contributed by atoms with Crippen molar-refractivity contribution in [2.45, 2.75) is 13.0 Å². The summed E-state index contributed by atoms with van der Waals surface area (Å²) in [7, 11) is 0. The van der Waals surface area contributed by atoms with E-state index in [1.807, 2.05) is 12.1 Å². The highest BCUT2D eigenvalue weighted by Gasteiger charge is 2.24. The highest BCUT2D eigenvalue weighted by Crippen LogP contribution is 2.21. The van der Waals surface area contributed by atoms with Gasteiger partial charge in [-0.25, -0.2) is 0 Å². The number of rotatable bonds is 6. The predicted molar refractivity (Wildman–Crippen MR) is 110 cm³/mol. The molecule has 3 aromatic carbocycles. The molecule has 0 radical (unpaired) electrons. The molecular weight excluding hydrogens is 370 g/mol. The van der Waals surface area contributed by atoms with Gasteiger partial charge in [-0.05, 0) is 36.8 Å². The summed E-state index contributed by atoms with van der Waals surface area (Å²) in [5.41, 5.74) is 1.77. The smallest absolute Gasteiger partial charge is 0.272 e. The summed E-state index contributed by atoms with van der Waals surface area (Å²) in [6.45, 7) is 1.56. The lowest BCUT2D eigenvalue weighted by Gasteiger charge is -2.19. The minimum atomic E-state index is -0.931. The standard InChI is InChI=1S/C22H19N3O4/c1-15-14-17(12-13-19(15)25(28)29)21(26)24-20(16-8-4-2-5-9-16)22(27)23-18-10-6-3-7-11-18/h2-14,20H,1H3,(H,23,27)(H,24,26). The number of nitro groups is 1. The van der Waals surface area contributed by atoms with Crippen molar-refractivity contribution in [3.05, 3.63) is 106 Å². The number of nitro benzene ring substituents is 1. The number of hydrogen-bond donors (Lipinski definition) is 2. The summed E-state index contributed by atoms with van der Waals surface area (Å²) in [4.78, 5) is 36.1. The van der Waals surface area contributed by atoms with Crippen molar-refractivity contribution < 1.29 is 14.5 Å². The first-order chi connectivity index (χ1) is 14.0. The molecule has 29 heavy (non-hydrogen) atoms. The summed E-state index contributed by atoms with van der Waals surface area (Å²) in [5.74, 6) is -0.894. The van der Waals surface area contributed by atoms with Gasteiger partial charge in [0.1, 0.15) is 6.04 Å². The highest BCUT2D eigenvalue weighted by molar-refractivity contribution is 6.01. The Morgan fingerprint density at radius 1 is 0.931 bits per heavy atom. The number of amides is 2. The number of carbonyl (C=O) groups is 2. The van der Waals surface area contributed by atoms with Crippen LogP contribution in [0.4, 0.5) is 11.4 Å². The molecule has 0 aliphatic rings. The van der Waals surface area contributed by atoms with Crippen LogP contribution >= 0.6 is 0 Å². The van der Waals surface area contributed by atoms with Crippen LogP contribution < -0.4 is 10.6 Å². The van der Waals surface area contributed by atoms with Crippen molar-refractivity contribution in [2.24, 2.45) is 0 Å². The maximum atomic E-state index is 12.9. The zero-order valence-corrected chi connectivity index (χ0v) is 15.7. The second-order valence-corrected chi connectivity index (χ2v) is 6.43. The van der Waals surface area contributed by atoms with Gasteiger partial charge in [0.2, 0.25) is 0 Å². The van der Waals surface area contributed by atoms with E-state index in [9.17, 15) is 19.7 Å². The van der Waals surface area contributed by atoms with Gasteiger partial charge in [-0.15, -0.1) is 0 Å². The van der Waals surface area contributed by atoms with Gasteiger partial charge in [-0.1, -0.05) is 48.5 Å². The SMILES string of the molecule is Cc1cc(C(=O)NC(C(=O)Nc2ccccc2)c2ccccc2)ccc1[N+](=O)[O-]. The van der Waals surface area contributed by atoms with E-state index in [-0.39, 0.29) is 11.3 Å². The maximum absolute atomic E-state index is 12.9. The van der Waals surface area contributed by atoms with Gasteiger partial charge in [-0.2, -0.15) is 0 Å². The first kappa shape index (κ1) is 19.8. The molecule has 0 heterocycles. The van der Waals surface area contributed by atoms with Crippen molar-refractivity contribution >= 4 is 23.2 Å². The van der Waals surface area contributed by atoms with Gasteiger partial charge in [-0.3, -0.25) is 19.7 Å². The number of nitrogens with one attached hydrogen (secondary N) is 2. The third-order valence-corrected chi connectivity index (χ3v) is 4.37. The number of carbonyl (C=O) groups excluding carboxylic acids is 2. The van der Waals surface area contributed by atoms with Crippen molar-refractivity contribution in [3.8, 4) is 0 Å². The molecule has 3 aromatic rings. The van der Waals surface area contributed by atoms with Crippen LogP contribution in [0.1, 0.15) is 27.5 Å². The summed E-state index contributed by atoms with van der Waals surface area (Å²) < 4.78 is 0. The Morgan fingerprint density at radius 2 is 1.55 bits per heavy atom. The second-order valence-electron chi connectivity index (χ2n) is 6.43. The first-order valence-corrected chi connectivity index (χ1v) is 8.92. The van der Waals surface area contributed by atoms with Gasteiger partial charge in [0.05, 0.1) is 4.92 Å². The molecule has 3 rings (SSSR count). The largest absolute Gasteiger partial charge is 0.336 e. The Kier molecular flexibility index (Phi) is 5.99. The molecule has 146 valence electrons. The highest BCUT2D eigenvalue weighted by atomic mass is 16.6. The number of nitrogens with zero attached hydrogens (tertiary/aromatic N) is 1. The fourth-order valence-electron chi connectivity index (χ4n) is 2.90. The van der Waals surface area contributed by atoms with Gasteiger partial charge in [0.15, 0.2) is 0 Å². The Morgan fingerprint density at radius 3 is 2.14 bits per heavy atom. The van der Waals surface area contributed by atoms with Gasteiger partial charge in [0, 0.05) is 22.9 Å². The predicted octanol–water partition coefficient (Wildman–Crippen LogP) is 4.01. The van der Waals surface area contributed by atoms with Crippen LogP contribution in [0.25, 0.3) is 0 Å². The van der Waals surface area contributed by atoms with E-state index in [0.717, 1.165) is 0 Å². The van der Waals surface area contributed by atoms with Gasteiger partial charge >= 0.3 is 0 Å². The molecule has 0 aromatic heterocycles. The fourth-order valence-corrected chi connectivity index (χ4v) is 2.90. The molecule has 0 aliphatic heterocycles. The van der Waals surface area contributed by atoms with Gasteiger partial charge in [0.25, 0.3) is 17.5 Å². The molecule has 0 saturated carbocycles. The van der Waals surface area contributed by atoms with Crippen LogP contribution in [-0.4, -0.2) is 16.7 Å². The van der Waals surface area contributed by atoms with Crippen molar-refractivity contribution in [2.75, 3.05) is 5.32 Å². The summed E-state index contributed by atoms with van der Waals surface area (Å²) >= 11 is 0. The minimum absolute atomic E-state index is 0.0667. The maximum Gasteiger partial charge on any atom is 0.272 e. The van der Waals surface area contributed by atoms with Crippen LogP contribution in [0.2, 0.25) is 0 Å². The Hall–Kier alpha value is -4.00. The van der Waals surface area contributed by atoms with Crippen molar-refractivity contribution in [1.82, 2.24) is 5.32 Å². The quantitative estimate of drug-likeness (QED) is 0.491. The number of anilines is 1. The summed E-state index contributed by atoms with van der Waals surface area (Å²) in [6.07, 6.45) is 0. The van der Waals surface area contributed by atoms with E-state index in [2.05, 4.69) is 10.6 Å². The lowest BCUT2D eigenvalue weighted by atomic mass is 10.0. The number of aryl methyl sites for hydroxylation is 1. The number of hydrogen-bond acceptors (Lipinski definition) is 4. The number of para-hydroxylation sites is 1. The normalized spacial score (nSPS) is 11.3. The van der Waals surface area contributed by atoms with E-state index in [4.69, 9.17) is 0 Å². The van der Waals surface area contributed by atoms with Crippen molar-refractivity contribution in [1.29, 1.82) is 0 Å². The van der Waals surface area contributed by atoms with Crippen LogP contribution in [0, 0.1) is 17.0 Å². The average molecular weight is 389 g/mol. The molecule has 0 spiro atoms. The molecule has 0 bridgehead atoms. The molecule has 0 fully saturated rings. The Bertz CT molecular complexity index is 1040. The van der Waals surface area contributed by atoms with E-state index in [1.54, 1.807) is 55.5 Å². The Balaban J connectivity index is 1.85. The first-order valence-electron chi connectivity index (χ1n) is 8.92. The van der Waals surface area contributed by atoms with Crippen LogP contribution in [0.5, 0.6) is 0 Å². The molecule has 7 nitrogen and oxygen atoms in total. The third-order valence-electron chi connectivity index (χ3n) is 4.37. The molecule has 7 heteroatoms. The van der Waals surface area contributed by atoms with E-state index in [0.29, 0.717) is 16.8 Å². The van der Waals surface area contributed by atoms with E-state index >= 15 is 0 Å². The zero-order chi connectivity index (χ0) is 20.8. The average Bonchev–Trinajstić information content (AvgIpc) is 2.72. The zero-order valence-electron chi connectivity index (χ0n) is 15.7. The van der Waals surface area contributed by atoms with Crippen LogP contribution in [0.15, 0.2) is 78.9 Å².